The lowest BCUT2D eigenvalue weighted by Gasteiger charge is -2.51. The largest absolute Gasteiger partial charge is 0.444 e. The van der Waals surface area contributed by atoms with Gasteiger partial charge in [0.1, 0.15) is 10.8 Å². The minimum atomic E-state index is -0.478. The Bertz CT molecular complexity index is 886. The van der Waals surface area contributed by atoms with Gasteiger partial charge in [-0.15, -0.1) is 5.10 Å². The highest BCUT2D eigenvalue weighted by Crippen LogP contribution is 2.39. The molecular formula is C17H22ClIN5O2P. The number of fused-ring (bicyclic) bond motifs is 4. The maximum Gasteiger partial charge on any atom is 0.410 e. The minimum absolute atomic E-state index is 0.146. The Labute approximate surface area is 178 Å². The number of ether oxygens (including phenoxy) is 1. The zero-order valence-electron chi connectivity index (χ0n) is 15.4. The van der Waals surface area contributed by atoms with Crippen molar-refractivity contribution in [3.8, 4) is 0 Å². The molecule has 3 aliphatic heterocycles. The molecule has 146 valence electrons. The van der Waals surface area contributed by atoms with Crippen LogP contribution in [0.2, 0.25) is 5.15 Å². The SMILES string of the molecule is CC(C)(C)OC(=O)N1CC2CCC1CN2c1nn(PI)c2cc(Cl)ncc12. The van der Waals surface area contributed by atoms with Crippen molar-refractivity contribution in [1.82, 2.24) is 19.4 Å². The van der Waals surface area contributed by atoms with Crippen LogP contribution in [0, 0.1) is 0 Å². The summed E-state index contributed by atoms with van der Waals surface area (Å²) >= 11 is 8.41. The van der Waals surface area contributed by atoms with Crippen molar-refractivity contribution in [2.45, 2.75) is 51.3 Å². The van der Waals surface area contributed by atoms with Gasteiger partial charge in [0.05, 0.1) is 23.3 Å². The van der Waals surface area contributed by atoms with Gasteiger partial charge in [-0.05, 0) is 55.7 Å². The first kappa shape index (κ1) is 19.5. The number of piperidine rings is 2. The topological polar surface area (TPSA) is 63.5 Å². The molecule has 2 aromatic heterocycles. The molecule has 3 fully saturated rings. The monoisotopic (exact) mass is 521 g/mol. The third-order valence-electron chi connectivity index (χ3n) is 5.02. The summed E-state index contributed by atoms with van der Waals surface area (Å²) in [6, 6.07) is 2.25. The van der Waals surface area contributed by atoms with Crippen LogP contribution in [0.25, 0.3) is 10.9 Å². The van der Waals surface area contributed by atoms with Gasteiger partial charge in [0.15, 0.2) is 5.82 Å². The Morgan fingerprint density at radius 2 is 2.07 bits per heavy atom. The zero-order valence-corrected chi connectivity index (χ0v) is 19.4. The van der Waals surface area contributed by atoms with Gasteiger partial charge < -0.3 is 14.5 Å². The number of hydrogen-bond acceptors (Lipinski definition) is 5. The second-order valence-corrected chi connectivity index (χ2v) is 10.4. The van der Waals surface area contributed by atoms with Crippen LogP contribution in [0.15, 0.2) is 12.3 Å². The highest BCUT2D eigenvalue weighted by Gasteiger charge is 2.43. The number of hydrogen-bond donors (Lipinski definition) is 0. The fourth-order valence-electron chi connectivity index (χ4n) is 3.88. The van der Waals surface area contributed by atoms with Gasteiger partial charge in [-0.1, -0.05) is 11.6 Å². The van der Waals surface area contributed by atoms with Gasteiger partial charge >= 0.3 is 6.09 Å². The van der Waals surface area contributed by atoms with Gasteiger partial charge in [-0.2, -0.15) is 0 Å². The second kappa shape index (κ2) is 7.19. The van der Waals surface area contributed by atoms with Crippen LogP contribution < -0.4 is 4.90 Å². The first-order valence-corrected chi connectivity index (χ1v) is 13.4. The molecule has 2 aromatic rings. The number of aromatic nitrogens is 3. The number of pyridine rings is 1. The molecule has 3 saturated heterocycles. The van der Waals surface area contributed by atoms with E-state index in [0.717, 1.165) is 36.1 Å². The number of carbonyl (C=O) groups excluding carboxylic acids is 1. The Balaban J connectivity index is 1.61. The average Bonchev–Trinajstić information content (AvgIpc) is 2.98. The molecule has 0 spiro atoms. The van der Waals surface area contributed by atoms with Crippen molar-refractivity contribution in [1.29, 1.82) is 0 Å². The number of nitrogens with zero attached hydrogens (tertiary/aromatic N) is 5. The Morgan fingerprint density at radius 3 is 2.70 bits per heavy atom. The van der Waals surface area contributed by atoms with Gasteiger partial charge in [0.25, 0.3) is 0 Å². The van der Waals surface area contributed by atoms with Gasteiger partial charge in [0, 0.05) is 31.4 Å². The number of piperazine rings is 1. The van der Waals surface area contributed by atoms with Crippen molar-refractivity contribution in [2.24, 2.45) is 0 Å². The molecule has 0 aromatic carbocycles. The number of amides is 1. The molecule has 0 radical (unpaired) electrons. The van der Waals surface area contributed by atoms with Gasteiger partial charge in [0.2, 0.25) is 0 Å². The van der Waals surface area contributed by atoms with Crippen LogP contribution in [0.5, 0.6) is 0 Å². The molecule has 5 heterocycles. The van der Waals surface area contributed by atoms with Crippen LogP contribution in [-0.2, 0) is 4.74 Å². The highest BCUT2D eigenvalue weighted by atomic mass is 127. The van der Waals surface area contributed by atoms with E-state index in [-0.39, 0.29) is 18.2 Å². The zero-order chi connectivity index (χ0) is 19.3. The summed E-state index contributed by atoms with van der Waals surface area (Å²) in [7, 11) is 0. The van der Waals surface area contributed by atoms with E-state index in [0.29, 0.717) is 18.1 Å². The van der Waals surface area contributed by atoms with E-state index in [1.165, 1.54) is 0 Å². The van der Waals surface area contributed by atoms with Crippen molar-refractivity contribution in [2.75, 3.05) is 18.0 Å². The molecule has 3 aliphatic rings. The van der Waals surface area contributed by atoms with E-state index in [2.05, 4.69) is 31.9 Å². The van der Waals surface area contributed by atoms with E-state index < -0.39 is 5.60 Å². The third kappa shape index (κ3) is 3.72. The van der Waals surface area contributed by atoms with E-state index in [1.807, 2.05) is 36.2 Å². The summed E-state index contributed by atoms with van der Waals surface area (Å²) in [5.74, 6) is 0.942. The fraction of sp³-hybridized carbons (Fsp3) is 0.588. The number of halogens is 2. The van der Waals surface area contributed by atoms with Gasteiger partial charge in [-0.25, -0.2) is 14.2 Å². The molecular weight excluding hydrogens is 500 g/mol. The van der Waals surface area contributed by atoms with Crippen LogP contribution >= 0.6 is 40.0 Å². The quantitative estimate of drug-likeness (QED) is 0.332. The number of rotatable bonds is 2. The fourth-order valence-corrected chi connectivity index (χ4v) is 5.54. The molecule has 0 saturated carbocycles. The average molecular weight is 522 g/mol. The lowest BCUT2D eigenvalue weighted by atomic mass is 9.91. The summed E-state index contributed by atoms with van der Waals surface area (Å²) in [5, 5.41) is 6.32. The van der Waals surface area contributed by atoms with E-state index in [4.69, 9.17) is 21.4 Å². The Hall–Kier alpha value is -0.860. The molecule has 3 atom stereocenters. The second-order valence-electron chi connectivity index (χ2n) is 8.01. The molecule has 27 heavy (non-hydrogen) atoms. The van der Waals surface area contributed by atoms with Crippen molar-refractivity contribution >= 4 is 62.8 Å². The smallest absolute Gasteiger partial charge is 0.410 e. The highest BCUT2D eigenvalue weighted by molar-refractivity contribution is 14.2. The number of carbonyl (C=O) groups is 1. The maximum atomic E-state index is 12.6. The molecule has 10 heteroatoms. The molecule has 3 unspecified atom stereocenters. The Morgan fingerprint density at radius 1 is 1.33 bits per heavy atom. The molecule has 5 rings (SSSR count). The van der Waals surface area contributed by atoms with Crippen LogP contribution in [-0.4, -0.2) is 56.3 Å². The molecule has 7 nitrogen and oxygen atoms in total. The normalized spacial score (nSPS) is 23.0. The van der Waals surface area contributed by atoms with E-state index in [9.17, 15) is 4.79 Å². The lowest BCUT2D eigenvalue weighted by Crippen LogP contribution is -2.64. The first-order valence-electron chi connectivity index (χ1n) is 8.94. The first-order chi connectivity index (χ1) is 12.8. The lowest BCUT2D eigenvalue weighted by molar-refractivity contribution is 0.000818. The number of anilines is 1. The minimum Gasteiger partial charge on any atom is -0.444 e. The summed E-state index contributed by atoms with van der Waals surface area (Å²) < 4.78 is 7.58. The van der Waals surface area contributed by atoms with Crippen LogP contribution in [0.4, 0.5) is 10.6 Å². The van der Waals surface area contributed by atoms with Crippen LogP contribution in [0.1, 0.15) is 33.6 Å². The standard InChI is InChI=1S/C17H22ClIN5O2P/c1-17(2,3)26-16(25)23-9-10-4-5-11(23)8-22(10)15-12-7-20-14(18)6-13(12)24(21-15)27-19/h6-7,10-11,27H,4-5,8-9H2,1-3H3. The predicted octanol–water partition coefficient (Wildman–Crippen LogP) is 4.46. The summed E-state index contributed by atoms with van der Waals surface area (Å²) in [4.78, 5) is 21.1. The maximum absolute atomic E-state index is 12.6. The molecule has 1 amide bonds. The van der Waals surface area contributed by atoms with Gasteiger partial charge in [-0.3, -0.25) is 0 Å². The molecule has 0 aliphatic carbocycles. The Kier molecular flexibility index (Phi) is 5.18. The van der Waals surface area contributed by atoms with Crippen molar-refractivity contribution < 1.29 is 9.53 Å². The summed E-state index contributed by atoms with van der Waals surface area (Å²) in [6.45, 7) is 7.15. The third-order valence-corrected chi connectivity index (χ3v) is 7.10. The summed E-state index contributed by atoms with van der Waals surface area (Å²) in [5.41, 5.74) is 0.525. The van der Waals surface area contributed by atoms with E-state index >= 15 is 0 Å². The van der Waals surface area contributed by atoms with E-state index in [1.54, 1.807) is 6.20 Å². The molecule has 2 bridgehead atoms. The van der Waals surface area contributed by atoms with Crippen molar-refractivity contribution in [3.05, 3.63) is 17.4 Å². The van der Waals surface area contributed by atoms with Crippen molar-refractivity contribution in [3.63, 3.8) is 0 Å². The van der Waals surface area contributed by atoms with Crippen LogP contribution in [0.3, 0.4) is 0 Å². The predicted molar refractivity (Wildman–Crippen MR) is 117 cm³/mol. The summed E-state index contributed by atoms with van der Waals surface area (Å²) in [6.07, 6.45) is 4.12. The molecule has 0 N–H and O–H groups in total.